The third-order valence-corrected chi connectivity index (χ3v) is 6.67. The summed E-state index contributed by atoms with van der Waals surface area (Å²) in [6.45, 7) is 2.17. The van der Waals surface area contributed by atoms with Gasteiger partial charge in [0, 0.05) is 4.83 Å². The Morgan fingerprint density at radius 3 is 2.37 bits per heavy atom. The van der Waals surface area contributed by atoms with Crippen LogP contribution in [-0.4, -0.2) is 0 Å². The van der Waals surface area contributed by atoms with Crippen LogP contribution in [0, 0.1) is 24.7 Å². The first-order chi connectivity index (χ1) is 9.24. The van der Waals surface area contributed by atoms with E-state index in [0.29, 0.717) is 4.83 Å². The van der Waals surface area contributed by atoms with Crippen LogP contribution < -0.4 is 0 Å². The van der Waals surface area contributed by atoms with Crippen LogP contribution in [0.5, 0.6) is 0 Å². The molecule has 1 aromatic carbocycles. The zero-order valence-electron chi connectivity index (χ0n) is 11.9. The van der Waals surface area contributed by atoms with E-state index in [0.717, 1.165) is 17.8 Å². The summed E-state index contributed by atoms with van der Waals surface area (Å²) in [7, 11) is 0. The van der Waals surface area contributed by atoms with Gasteiger partial charge in [0.05, 0.1) is 0 Å². The van der Waals surface area contributed by atoms with Gasteiger partial charge in [-0.2, -0.15) is 0 Å². The molecule has 2 saturated carbocycles. The number of halogens is 1. The summed E-state index contributed by atoms with van der Waals surface area (Å²) >= 11 is 3.99. The minimum Gasteiger partial charge on any atom is -0.0836 e. The highest BCUT2D eigenvalue weighted by Gasteiger charge is 2.34. The molecular weight excluding hydrogens is 296 g/mol. The van der Waals surface area contributed by atoms with Gasteiger partial charge < -0.3 is 0 Å². The largest absolute Gasteiger partial charge is 0.0836 e. The fraction of sp³-hybridized carbons (Fsp3) is 0.667. The zero-order valence-corrected chi connectivity index (χ0v) is 13.5. The molecule has 2 aliphatic rings. The molecule has 0 radical (unpaired) electrons. The maximum Gasteiger partial charge on any atom is 0.0423 e. The van der Waals surface area contributed by atoms with Crippen LogP contribution in [-0.2, 0) is 0 Å². The molecular formula is C18H25Br. The van der Waals surface area contributed by atoms with E-state index in [1.165, 1.54) is 56.1 Å². The second-order valence-electron chi connectivity index (χ2n) is 6.69. The third-order valence-electron chi connectivity index (χ3n) is 5.39. The first kappa shape index (κ1) is 13.7. The van der Waals surface area contributed by atoms with Crippen LogP contribution in [0.15, 0.2) is 24.3 Å². The van der Waals surface area contributed by atoms with Gasteiger partial charge in [0.1, 0.15) is 0 Å². The monoisotopic (exact) mass is 320 g/mol. The van der Waals surface area contributed by atoms with Crippen molar-refractivity contribution in [1.82, 2.24) is 0 Å². The molecule has 0 bridgehead atoms. The molecule has 0 nitrogen and oxygen atoms in total. The predicted molar refractivity (Wildman–Crippen MR) is 85.6 cm³/mol. The average molecular weight is 321 g/mol. The van der Waals surface area contributed by atoms with Crippen molar-refractivity contribution in [3.05, 3.63) is 35.4 Å². The SMILES string of the molecule is Cc1ccc(C(Br)C2CCC3CCCCC3C2)cc1. The van der Waals surface area contributed by atoms with Gasteiger partial charge in [0.15, 0.2) is 0 Å². The lowest BCUT2D eigenvalue weighted by atomic mass is 9.66. The van der Waals surface area contributed by atoms with E-state index < -0.39 is 0 Å². The molecule has 2 aliphatic carbocycles. The quantitative estimate of drug-likeness (QED) is 0.583. The second kappa shape index (κ2) is 5.99. The highest BCUT2D eigenvalue weighted by Crippen LogP contribution is 2.48. The van der Waals surface area contributed by atoms with Gasteiger partial charge in [0.25, 0.3) is 0 Å². The summed E-state index contributed by atoms with van der Waals surface area (Å²) in [6, 6.07) is 9.11. The lowest BCUT2D eigenvalue weighted by Gasteiger charge is -2.41. The van der Waals surface area contributed by atoms with Crippen molar-refractivity contribution in [1.29, 1.82) is 0 Å². The number of aryl methyl sites for hydroxylation is 1. The van der Waals surface area contributed by atoms with Crippen molar-refractivity contribution in [3.8, 4) is 0 Å². The lowest BCUT2D eigenvalue weighted by Crippen LogP contribution is -2.29. The minimum atomic E-state index is 0.566. The maximum absolute atomic E-state index is 3.99. The van der Waals surface area contributed by atoms with Crippen LogP contribution in [0.1, 0.15) is 60.9 Å². The Labute approximate surface area is 126 Å². The molecule has 19 heavy (non-hydrogen) atoms. The van der Waals surface area contributed by atoms with E-state index in [9.17, 15) is 0 Å². The maximum atomic E-state index is 3.99. The van der Waals surface area contributed by atoms with E-state index >= 15 is 0 Å². The van der Waals surface area contributed by atoms with Gasteiger partial charge in [-0.1, -0.05) is 71.4 Å². The Hall–Kier alpha value is -0.300. The summed E-state index contributed by atoms with van der Waals surface area (Å²) in [6.07, 6.45) is 10.3. The van der Waals surface area contributed by atoms with E-state index in [1.807, 2.05) is 0 Å². The number of hydrogen-bond donors (Lipinski definition) is 0. The van der Waals surface area contributed by atoms with Crippen molar-refractivity contribution < 1.29 is 0 Å². The number of alkyl halides is 1. The number of fused-ring (bicyclic) bond motifs is 1. The van der Waals surface area contributed by atoms with Crippen LogP contribution >= 0.6 is 15.9 Å². The molecule has 104 valence electrons. The molecule has 2 fully saturated rings. The van der Waals surface area contributed by atoms with E-state index in [1.54, 1.807) is 0 Å². The van der Waals surface area contributed by atoms with Gasteiger partial charge in [0.2, 0.25) is 0 Å². The average Bonchev–Trinajstić information content (AvgIpc) is 2.47. The van der Waals surface area contributed by atoms with Crippen molar-refractivity contribution in [2.45, 2.75) is 56.7 Å². The summed E-state index contributed by atoms with van der Waals surface area (Å²) < 4.78 is 0. The summed E-state index contributed by atoms with van der Waals surface area (Å²) in [4.78, 5) is 0.566. The van der Waals surface area contributed by atoms with Crippen molar-refractivity contribution >= 4 is 15.9 Å². The normalized spacial score (nSPS) is 32.6. The van der Waals surface area contributed by atoms with E-state index in [2.05, 4.69) is 47.1 Å². The fourth-order valence-corrected chi connectivity index (χ4v) is 4.98. The summed E-state index contributed by atoms with van der Waals surface area (Å²) in [5.74, 6) is 2.93. The van der Waals surface area contributed by atoms with Gasteiger partial charge in [-0.3, -0.25) is 0 Å². The summed E-state index contributed by atoms with van der Waals surface area (Å²) in [5, 5.41) is 0. The van der Waals surface area contributed by atoms with Crippen molar-refractivity contribution in [2.75, 3.05) is 0 Å². The van der Waals surface area contributed by atoms with Crippen LogP contribution in [0.25, 0.3) is 0 Å². The fourth-order valence-electron chi connectivity index (χ4n) is 4.20. The molecule has 0 N–H and O–H groups in total. The molecule has 0 saturated heterocycles. The van der Waals surface area contributed by atoms with Crippen molar-refractivity contribution in [3.63, 3.8) is 0 Å². The Morgan fingerprint density at radius 1 is 0.947 bits per heavy atom. The molecule has 0 spiro atoms. The third kappa shape index (κ3) is 3.07. The molecule has 0 aromatic heterocycles. The molecule has 0 heterocycles. The van der Waals surface area contributed by atoms with Gasteiger partial charge in [-0.15, -0.1) is 0 Å². The van der Waals surface area contributed by atoms with Gasteiger partial charge >= 0.3 is 0 Å². The van der Waals surface area contributed by atoms with Gasteiger partial charge in [-0.25, -0.2) is 0 Å². The molecule has 0 aliphatic heterocycles. The molecule has 1 aromatic rings. The second-order valence-corrected chi connectivity index (χ2v) is 7.68. The van der Waals surface area contributed by atoms with Crippen molar-refractivity contribution in [2.24, 2.45) is 17.8 Å². The minimum absolute atomic E-state index is 0.566. The molecule has 3 rings (SSSR count). The Balaban J connectivity index is 1.67. The van der Waals surface area contributed by atoms with Gasteiger partial charge in [-0.05, 0) is 49.5 Å². The highest BCUT2D eigenvalue weighted by atomic mass is 79.9. The van der Waals surface area contributed by atoms with Crippen LogP contribution in [0.2, 0.25) is 0 Å². The first-order valence-electron chi connectivity index (χ1n) is 7.94. The standard InChI is InChI=1S/C18H25Br/c1-13-6-8-15(9-7-13)18(19)17-11-10-14-4-2-3-5-16(14)12-17/h6-9,14,16-18H,2-5,10-12H2,1H3. The Kier molecular flexibility index (Phi) is 4.31. The number of rotatable bonds is 2. The lowest BCUT2D eigenvalue weighted by molar-refractivity contribution is 0.129. The number of hydrogen-bond acceptors (Lipinski definition) is 0. The zero-order chi connectivity index (χ0) is 13.2. The van der Waals surface area contributed by atoms with Crippen LogP contribution in [0.4, 0.5) is 0 Å². The van der Waals surface area contributed by atoms with Crippen LogP contribution in [0.3, 0.4) is 0 Å². The summed E-state index contributed by atoms with van der Waals surface area (Å²) in [5.41, 5.74) is 2.84. The smallest absolute Gasteiger partial charge is 0.0423 e. The number of benzene rings is 1. The highest BCUT2D eigenvalue weighted by molar-refractivity contribution is 9.09. The Bertz CT molecular complexity index is 408. The topological polar surface area (TPSA) is 0 Å². The molecule has 0 amide bonds. The first-order valence-corrected chi connectivity index (χ1v) is 8.86. The molecule has 4 atom stereocenters. The molecule has 1 heteroatoms. The van der Waals surface area contributed by atoms with E-state index in [4.69, 9.17) is 0 Å². The van der Waals surface area contributed by atoms with E-state index in [-0.39, 0.29) is 0 Å². The Morgan fingerprint density at radius 2 is 1.63 bits per heavy atom. The molecule has 4 unspecified atom stereocenters. The predicted octanol–water partition coefficient (Wildman–Crippen LogP) is 6.04.